The zero-order valence-electron chi connectivity index (χ0n) is 19.3. The Balaban J connectivity index is 1.47. The topological polar surface area (TPSA) is 71.7 Å². The summed E-state index contributed by atoms with van der Waals surface area (Å²) in [5.41, 5.74) is 2.06. The molecule has 0 radical (unpaired) electrons. The van der Waals surface area contributed by atoms with E-state index in [4.69, 9.17) is 0 Å². The van der Waals surface area contributed by atoms with Gasteiger partial charge in [-0.15, -0.1) is 0 Å². The van der Waals surface area contributed by atoms with Crippen LogP contribution in [-0.4, -0.2) is 36.3 Å². The Morgan fingerprint density at radius 1 is 1.09 bits per heavy atom. The normalized spacial score (nSPS) is 18.1. The second kappa shape index (κ2) is 9.09. The first-order chi connectivity index (χ1) is 16.4. The molecule has 0 N–H and O–H groups in total. The number of sulfonamides is 1. The molecule has 8 heteroatoms. The van der Waals surface area contributed by atoms with Gasteiger partial charge in [0.1, 0.15) is 0 Å². The van der Waals surface area contributed by atoms with Crippen LogP contribution in [0.2, 0.25) is 0 Å². The Hall–Kier alpha value is -2.81. The molecule has 1 unspecified atom stereocenters. The second-order valence-electron chi connectivity index (χ2n) is 8.73. The van der Waals surface area contributed by atoms with Gasteiger partial charge in [-0.1, -0.05) is 59.4 Å². The van der Waals surface area contributed by atoms with Gasteiger partial charge in [-0.3, -0.25) is 4.79 Å². The smallest absolute Gasteiger partial charge is 0.252 e. The highest BCUT2D eigenvalue weighted by Crippen LogP contribution is 2.28. The molecule has 176 valence electrons. The molecular formula is C26H27N3O3S2. The van der Waals surface area contributed by atoms with E-state index in [1.54, 1.807) is 24.3 Å². The fourth-order valence-electron chi connectivity index (χ4n) is 4.60. The zero-order chi connectivity index (χ0) is 23.9. The minimum absolute atomic E-state index is 0.165. The van der Waals surface area contributed by atoms with Crippen LogP contribution < -0.4 is 4.80 Å². The summed E-state index contributed by atoms with van der Waals surface area (Å²) >= 11 is 1.52. The first-order valence-electron chi connectivity index (χ1n) is 11.5. The lowest BCUT2D eigenvalue weighted by molar-refractivity contribution is -0.122. The number of hydrogen-bond donors (Lipinski definition) is 0. The van der Waals surface area contributed by atoms with Gasteiger partial charge in [0.05, 0.1) is 21.0 Å². The molecule has 0 saturated carbocycles. The maximum atomic E-state index is 13.2. The summed E-state index contributed by atoms with van der Waals surface area (Å²) in [5.74, 6) is -0.692. The fraction of sp³-hybridized carbons (Fsp3) is 0.308. The molecule has 1 fully saturated rings. The molecule has 1 saturated heterocycles. The minimum atomic E-state index is -3.64. The molecule has 2 heterocycles. The minimum Gasteiger partial charge on any atom is -0.317 e. The van der Waals surface area contributed by atoms with Gasteiger partial charge in [-0.2, -0.15) is 9.30 Å². The van der Waals surface area contributed by atoms with E-state index in [-0.39, 0.29) is 17.3 Å². The molecule has 34 heavy (non-hydrogen) atoms. The van der Waals surface area contributed by atoms with Crippen LogP contribution in [0.25, 0.3) is 21.0 Å². The predicted molar refractivity (Wildman–Crippen MR) is 136 cm³/mol. The summed E-state index contributed by atoms with van der Waals surface area (Å²) in [5, 5.41) is 2.30. The molecule has 4 aromatic rings. The molecule has 3 aromatic carbocycles. The third-order valence-corrected chi connectivity index (χ3v) is 9.49. The third kappa shape index (κ3) is 4.10. The summed E-state index contributed by atoms with van der Waals surface area (Å²) < 4.78 is 30.9. The monoisotopic (exact) mass is 493 g/mol. The maximum absolute atomic E-state index is 13.2. The Morgan fingerprint density at radius 3 is 2.62 bits per heavy atom. The number of aromatic nitrogens is 1. The van der Waals surface area contributed by atoms with Crippen LogP contribution >= 0.6 is 11.3 Å². The predicted octanol–water partition coefficient (Wildman–Crippen LogP) is 4.71. The van der Waals surface area contributed by atoms with E-state index < -0.39 is 15.9 Å². The van der Waals surface area contributed by atoms with E-state index in [1.165, 1.54) is 15.6 Å². The third-order valence-electron chi connectivity index (χ3n) is 6.49. The highest BCUT2D eigenvalue weighted by atomic mass is 32.2. The van der Waals surface area contributed by atoms with Crippen molar-refractivity contribution in [1.29, 1.82) is 0 Å². The number of carbonyl (C=O) groups excluding carboxylic acids is 1. The Kier molecular flexibility index (Phi) is 6.14. The van der Waals surface area contributed by atoms with Crippen molar-refractivity contribution in [3.8, 4) is 0 Å². The summed E-state index contributed by atoms with van der Waals surface area (Å²) in [6.07, 6.45) is 1.28. The zero-order valence-corrected chi connectivity index (χ0v) is 20.9. The van der Waals surface area contributed by atoms with Crippen molar-refractivity contribution in [2.24, 2.45) is 10.9 Å². The molecule has 1 atom stereocenters. The van der Waals surface area contributed by atoms with Crippen LogP contribution in [0.1, 0.15) is 25.3 Å². The van der Waals surface area contributed by atoms with Gasteiger partial charge >= 0.3 is 0 Å². The van der Waals surface area contributed by atoms with Crippen molar-refractivity contribution in [1.82, 2.24) is 8.87 Å². The number of carbonyl (C=O) groups is 1. The first kappa shape index (κ1) is 23.0. The lowest BCUT2D eigenvalue weighted by atomic mass is 9.99. The maximum Gasteiger partial charge on any atom is 0.252 e. The van der Waals surface area contributed by atoms with Crippen LogP contribution in [-0.2, 0) is 21.4 Å². The van der Waals surface area contributed by atoms with Gasteiger partial charge in [0.2, 0.25) is 10.0 Å². The summed E-state index contributed by atoms with van der Waals surface area (Å²) in [7, 11) is -3.64. The summed E-state index contributed by atoms with van der Waals surface area (Å²) in [4.78, 5) is 18.7. The Bertz CT molecular complexity index is 1550. The first-order valence-corrected chi connectivity index (χ1v) is 13.8. The lowest BCUT2D eigenvalue weighted by Gasteiger charge is -2.30. The molecule has 1 aromatic heterocycles. The van der Waals surface area contributed by atoms with Crippen molar-refractivity contribution in [3.05, 3.63) is 71.0 Å². The van der Waals surface area contributed by atoms with Crippen LogP contribution in [0.4, 0.5) is 0 Å². The number of piperidine rings is 1. The van der Waals surface area contributed by atoms with Gasteiger partial charge in [-0.05, 0) is 50.3 Å². The number of thiazole rings is 1. The van der Waals surface area contributed by atoms with Gasteiger partial charge < -0.3 is 4.57 Å². The Morgan fingerprint density at radius 2 is 1.85 bits per heavy atom. The summed E-state index contributed by atoms with van der Waals surface area (Å²) in [6, 6.07) is 19.2. The largest absolute Gasteiger partial charge is 0.317 e. The van der Waals surface area contributed by atoms with E-state index >= 15 is 0 Å². The van der Waals surface area contributed by atoms with Crippen LogP contribution in [0.3, 0.4) is 0 Å². The number of benzene rings is 3. The van der Waals surface area contributed by atoms with Gasteiger partial charge in [0, 0.05) is 25.0 Å². The van der Waals surface area contributed by atoms with Crippen LogP contribution in [0.15, 0.2) is 70.6 Å². The Labute approximate surface area is 203 Å². The average molecular weight is 494 g/mol. The molecule has 1 aliphatic heterocycles. The number of aryl methyl sites for hydroxylation is 2. The van der Waals surface area contributed by atoms with E-state index in [1.807, 2.05) is 26.0 Å². The van der Waals surface area contributed by atoms with Gasteiger partial charge in [-0.25, -0.2) is 8.42 Å². The number of amides is 1. The number of fused-ring (bicyclic) bond motifs is 3. The fourth-order valence-corrected chi connectivity index (χ4v) is 7.35. The SMILES string of the molecule is CCn1c(=NC(=O)C2CCCN(S(=O)(=O)c3ccc(C)cc3)C2)sc2c3ccccc3ccc21. The lowest BCUT2D eigenvalue weighted by Crippen LogP contribution is -2.42. The van der Waals surface area contributed by atoms with Gasteiger partial charge in [0.15, 0.2) is 4.80 Å². The highest BCUT2D eigenvalue weighted by molar-refractivity contribution is 7.89. The number of hydrogen-bond acceptors (Lipinski definition) is 4. The van der Waals surface area contributed by atoms with Gasteiger partial charge in [0.25, 0.3) is 5.91 Å². The summed E-state index contributed by atoms with van der Waals surface area (Å²) in [6.45, 7) is 5.25. The van der Waals surface area contributed by atoms with Crippen molar-refractivity contribution in [2.45, 2.75) is 38.1 Å². The standard InChI is InChI=1S/C26H27N3O3S2/c1-3-29-23-15-12-19-7-4-5-9-22(19)24(23)33-26(29)27-25(30)20-8-6-16-28(17-20)34(31,32)21-13-10-18(2)11-14-21/h4-5,7,9-15,20H,3,6,8,16-17H2,1-2H3. The van der Waals surface area contributed by atoms with E-state index in [0.29, 0.717) is 30.7 Å². The average Bonchev–Trinajstić information content (AvgIpc) is 3.21. The van der Waals surface area contributed by atoms with E-state index in [9.17, 15) is 13.2 Å². The van der Waals surface area contributed by atoms with Crippen LogP contribution in [0, 0.1) is 12.8 Å². The molecular weight excluding hydrogens is 466 g/mol. The van der Waals surface area contributed by atoms with E-state index in [0.717, 1.165) is 26.6 Å². The number of rotatable bonds is 4. The highest BCUT2D eigenvalue weighted by Gasteiger charge is 2.33. The molecule has 6 nitrogen and oxygen atoms in total. The molecule has 1 aliphatic rings. The second-order valence-corrected chi connectivity index (χ2v) is 11.6. The van der Waals surface area contributed by atoms with Crippen molar-refractivity contribution in [3.63, 3.8) is 0 Å². The van der Waals surface area contributed by atoms with Crippen molar-refractivity contribution < 1.29 is 13.2 Å². The van der Waals surface area contributed by atoms with E-state index in [2.05, 4.69) is 33.8 Å². The molecule has 5 rings (SSSR count). The van der Waals surface area contributed by atoms with Crippen molar-refractivity contribution in [2.75, 3.05) is 13.1 Å². The molecule has 0 bridgehead atoms. The number of nitrogens with zero attached hydrogens (tertiary/aromatic N) is 3. The van der Waals surface area contributed by atoms with Crippen LogP contribution in [0.5, 0.6) is 0 Å². The molecule has 1 amide bonds. The van der Waals surface area contributed by atoms with Crippen molar-refractivity contribution >= 4 is 48.3 Å². The quantitative estimate of drug-likeness (QED) is 0.413. The molecule has 0 aliphatic carbocycles. The molecule has 0 spiro atoms.